The second kappa shape index (κ2) is 19.0. The summed E-state index contributed by atoms with van der Waals surface area (Å²) >= 11 is 0. The van der Waals surface area contributed by atoms with Crippen molar-refractivity contribution in [1.29, 1.82) is 0 Å². The van der Waals surface area contributed by atoms with Gasteiger partial charge in [0.25, 0.3) is 0 Å². The van der Waals surface area contributed by atoms with Gasteiger partial charge in [-0.05, 0) is 21.2 Å². The zero-order valence-corrected chi connectivity index (χ0v) is 26.3. The van der Waals surface area contributed by atoms with Crippen LogP contribution in [-0.2, 0) is 17.1 Å². The molecule has 0 heterocycles. The monoisotopic (exact) mass is 509 g/mol. The van der Waals surface area contributed by atoms with E-state index in [4.69, 9.17) is 0 Å². The van der Waals surface area contributed by atoms with Crippen molar-refractivity contribution in [2.75, 3.05) is 0 Å². The molecule has 0 spiro atoms. The van der Waals surface area contributed by atoms with Crippen LogP contribution in [0.3, 0.4) is 0 Å². The van der Waals surface area contributed by atoms with E-state index in [1.165, 1.54) is 21.2 Å². The molecule has 0 nitrogen and oxygen atoms in total. The summed E-state index contributed by atoms with van der Waals surface area (Å²) in [4.78, 5) is 0. The molecule has 5 heteroatoms. The molecule has 0 fully saturated rings. The number of hydrogen-bond donors (Lipinski definition) is 0. The van der Waals surface area contributed by atoms with Gasteiger partial charge in [0.05, 0.1) is 0 Å². The summed E-state index contributed by atoms with van der Waals surface area (Å²) in [6.07, 6.45) is 0. The van der Waals surface area contributed by atoms with Crippen LogP contribution in [0.5, 0.6) is 0 Å². The minimum absolute atomic E-state index is 0. The smallest absolute Gasteiger partial charge is 1.00 e. The van der Waals surface area contributed by atoms with Crippen molar-refractivity contribution in [1.82, 2.24) is 0 Å². The largest absolute Gasteiger partial charge is 1.00 e. The molecular weight excluding hydrogens is 484 g/mol. The number of benzene rings is 4. The molecule has 0 unspecified atom stereocenters. The van der Waals surface area contributed by atoms with E-state index >= 15 is 0 Å². The van der Waals surface area contributed by atoms with Crippen molar-refractivity contribution in [3.8, 4) is 0 Å². The van der Waals surface area contributed by atoms with Gasteiger partial charge in [0.2, 0.25) is 0 Å². The molecule has 4 aromatic rings. The van der Waals surface area contributed by atoms with Crippen LogP contribution in [0.4, 0.5) is 0 Å². The van der Waals surface area contributed by atoms with E-state index in [0.717, 1.165) is 17.2 Å². The normalized spacial score (nSPS) is 8.83. The van der Waals surface area contributed by atoms with Gasteiger partial charge in [-0.3, -0.25) is 0 Å². The van der Waals surface area contributed by atoms with Crippen molar-refractivity contribution < 1.29 is 124 Å². The van der Waals surface area contributed by atoms with Crippen molar-refractivity contribution >= 4 is 38.4 Å². The molecule has 142 valence electrons. The van der Waals surface area contributed by atoms with Crippen molar-refractivity contribution in [3.63, 3.8) is 0 Å². The van der Waals surface area contributed by atoms with Gasteiger partial charge in [0.15, 0.2) is 0 Å². The molecule has 0 saturated heterocycles. The maximum atomic E-state index is 2.17. The van der Waals surface area contributed by atoms with E-state index in [0.29, 0.717) is 0 Å². The van der Waals surface area contributed by atoms with E-state index in [1.807, 2.05) is 0 Å². The quantitative estimate of drug-likeness (QED) is 0.244. The van der Waals surface area contributed by atoms with Gasteiger partial charge in [0, 0.05) is 17.1 Å². The van der Waals surface area contributed by atoms with E-state index < -0.39 is 0 Å². The predicted octanol–water partition coefficient (Wildman–Crippen LogP) is -1.03. The summed E-state index contributed by atoms with van der Waals surface area (Å²) < 4.78 is 0. The zero-order valence-electron chi connectivity index (χ0n) is 19.9. The molecule has 0 atom stereocenters. The summed E-state index contributed by atoms with van der Waals surface area (Å²) in [5.41, 5.74) is 0. The predicted molar refractivity (Wildman–Crippen MR) is 124 cm³/mol. The molecule has 0 aliphatic rings. The van der Waals surface area contributed by atoms with Crippen molar-refractivity contribution in [3.05, 3.63) is 121 Å². The van der Waals surface area contributed by atoms with Crippen LogP contribution < -0.4 is 124 Å². The fraction of sp³-hybridized carbons (Fsp3) is 0. The van der Waals surface area contributed by atoms with Gasteiger partial charge in [-0.1, -0.05) is 138 Å². The van der Waals surface area contributed by atoms with E-state index in [9.17, 15) is 0 Å². The van der Waals surface area contributed by atoms with Crippen LogP contribution in [0.15, 0.2) is 121 Å². The summed E-state index contributed by atoms with van der Waals surface area (Å²) in [7, 11) is 1.55. The SMILES string of the molecule is [Fe].[H-].[H-].[H-].[K+].[K+].c1ccc(Pc2ccccc2)cc1.c1ccc(Pc2ccccc2)cc1. The van der Waals surface area contributed by atoms with Gasteiger partial charge in [-0.2, -0.15) is 0 Å². The first-order valence-corrected chi connectivity index (χ1v) is 10.6. The Labute approximate surface area is 278 Å². The van der Waals surface area contributed by atoms with Crippen LogP contribution in [0.1, 0.15) is 4.28 Å². The van der Waals surface area contributed by atoms with Crippen LogP contribution in [-0.4, -0.2) is 0 Å². The maximum Gasteiger partial charge on any atom is 1.00 e. The zero-order chi connectivity index (χ0) is 17.9. The summed E-state index contributed by atoms with van der Waals surface area (Å²) in [6.45, 7) is 0. The molecular formula is C24H25FeK2P2-. The van der Waals surface area contributed by atoms with Gasteiger partial charge in [-0.25, -0.2) is 0 Å². The van der Waals surface area contributed by atoms with Gasteiger partial charge < -0.3 is 4.28 Å². The fourth-order valence-electron chi connectivity index (χ4n) is 2.42. The molecule has 0 amide bonds. The molecule has 0 bridgehead atoms. The minimum Gasteiger partial charge on any atom is -1.00 e. The second-order valence-electron chi connectivity index (χ2n) is 5.71. The molecule has 0 aromatic heterocycles. The van der Waals surface area contributed by atoms with Crippen molar-refractivity contribution in [2.24, 2.45) is 0 Å². The topological polar surface area (TPSA) is 0 Å². The third-order valence-electron chi connectivity index (χ3n) is 3.67. The first-order chi connectivity index (χ1) is 12.9. The van der Waals surface area contributed by atoms with Gasteiger partial charge in [-0.15, -0.1) is 0 Å². The molecule has 0 N–H and O–H groups in total. The first-order valence-electron chi connectivity index (χ1n) is 8.64. The van der Waals surface area contributed by atoms with Gasteiger partial charge >= 0.3 is 103 Å². The Morgan fingerprint density at radius 1 is 0.345 bits per heavy atom. The summed E-state index contributed by atoms with van der Waals surface area (Å²) in [5.74, 6) is 0. The Bertz CT molecular complexity index is 740. The van der Waals surface area contributed by atoms with Crippen molar-refractivity contribution in [2.45, 2.75) is 0 Å². The number of rotatable bonds is 4. The first kappa shape index (κ1) is 30.5. The third-order valence-corrected chi connectivity index (χ3v) is 6.16. The molecule has 0 aliphatic heterocycles. The van der Waals surface area contributed by atoms with E-state index in [2.05, 4.69) is 121 Å². The molecule has 29 heavy (non-hydrogen) atoms. The summed E-state index contributed by atoms with van der Waals surface area (Å²) in [5, 5.41) is 5.59. The average Bonchev–Trinajstić information content (AvgIpc) is 2.72. The van der Waals surface area contributed by atoms with E-state index in [1.54, 1.807) is 0 Å². The minimum atomic E-state index is 0. The Kier molecular flexibility index (Phi) is 20.0. The Morgan fingerprint density at radius 2 is 0.517 bits per heavy atom. The molecule has 0 radical (unpaired) electrons. The average molecular weight is 509 g/mol. The Balaban J connectivity index is -0.000000206. The Hall–Kier alpha value is 1.53. The van der Waals surface area contributed by atoms with Crippen LogP contribution in [0, 0.1) is 0 Å². The Morgan fingerprint density at radius 3 is 0.690 bits per heavy atom. The van der Waals surface area contributed by atoms with Gasteiger partial charge in [0.1, 0.15) is 0 Å². The summed E-state index contributed by atoms with van der Waals surface area (Å²) in [6, 6.07) is 42.3. The molecule has 4 aromatic carbocycles. The van der Waals surface area contributed by atoms with E-state index in [-0.39, 0.29) is 124 Å². The molecule has 4 rings (SSSR count). The standard InChI is InChI=1S/2C12H11P.Fe.2K.3H/c2*1-3-7-11(8-4-1)13-12-9-5-2-6-10-12;;;;;;/h2*1-10,13H;;;;;;/q;;;2*+1;3*-1. The van der Waals surface area contributed by atoms with Crippen LogP contribution in [0.2, 0.25) is 0 Å². The third kappa shape index (κ3) is 13.0. The molecule has 0 aliphatic carbocycles. The fourth-order valence-corrected chi connectivity index (χ4v) is 4.52. The van der Waals surface area contributed by atoms with Crippen LogP contribution in [0.25, 0.3) is 0 Å². The van der Waals surface area contributed by atoms with Crippen LogP contribution >= 0.6 is 17.2 Å². The second-order valence-corrected chi connectivity index (χ2v) is 8.52. The molecule has 0 saturated carbocycles. The number of hydrogen-bond acceptors (Lipinski definition) is 0. The maximum absolute atomic E-state index is 2.17.